The van der Waals surface area contributed by atoms with Gasteiger partial charge in [-0.2, -0.15) is 0 Å². The maximum Gasteiger partial charge on any atom is 0.339 e. The molecule has 0 amide bonds. The summed E-state index contributed by atoms with van der Waals surface area (Å²) in [5.41, 5.74) is 1.95. The predicted molar refractivity (Wildman–Crippen MR) is 72.1 cm³/mol. The molecule has 18 heavy (non-hydrogen) atoms. The minimum atomic E-state index is -0.248. The van der Waals surface area contributed by atoms with Gasteiger partial charge in [-0.05, 0) is 43.5 Å². The maximum absolute atomic E-state index is 11.9. The van der Waals surface area contributed by atoms with Gasteiger partial charge >= 0.3 is 5.63 Å². The van der Waals surface area contributed by atoms with Gasteiger partial charge < -0.3 is 9.52 Å². The van der Waals surface area contributed by atoms with E-state index in [0.29, 0.717) is 5.58 Å². The number of benzene rings is 1. The molecule has 0 radical (unpaired) electrons. The number of unbranched alkanes of at least 4 members (excludes halogenated alkanes) is 2. The molecule has 0 fully saturated rings. The van der Waals surface area contributed by atoms with Gasteiger partial charge in [-0.15, -0.1) is 0 Å². The monoisotopic (exact) mass is 246 g/mol. The summed E-state index contributed by atoms with van der Waals surface area (Å²) in [6, 6.07) is 4.81. The van der Waals surface area contributed by atoms with Crippen LogP contribution in [0.3, 0.4) is 0 Å². The van der Waals surface area contributed by atoms with E-state index in [1.54, 1.807) is 12.1 Å². The van der Waals surface area contributed by atoms with Crippen LogP contribution in [-0.4, -0.2) is 5.11 Å². The van der Waals surface area contributed by atoms with Gasteiger partial charge in [0.25, 0.3) is 0 Å². The molecule has 0 saturated carbocycles. The Morgan fingerprint density at radius 2 is 2.06 bits per heavy atom. The Labute approximate surface area is 106 Å². The zero-order valence-corrected chi connectivity index (χ0v) is 10.8. The summed E-state index contributed by atoms with van der Waals surface area (Å²) >= 11 is 0. The van der Waals surface area contributed by atoms with Crippen LogP contribution in [0.1, 0.15) is 37.3 Å². The number of fused-ring (bicyclic) bond motifs is 1. The second-order valence-corrected chi connectivity index (χ2v) is 4.63. The highest BCUT2D eigenvalue weighted by atomic mass is 16.4. The van der Waals surface area contributed by atoms with Crippen molar-refractivity contribution >= 4 is 11.0 Å². The summed E-state index contributed by atoms with van der Waals surface area (Å²) < 4.78 is 5.29. The lowest BCUT2D eigenvalue weighted by molar-refractivity contribution is 0.475. The fraction of sp³-hybridized carbons (Fsp3) is 0.400. The van der Waals surface area contributed by atoms with Crippen molar-refractivity contribution in [1.29, 1.82) is 0 Å². The van der Waals surface area contributed by atoms with Crippen molar-refractivity contribution in [1.82, 2.24) is 0 Å². The summed E-state index contributed by atoms with van der Waals surface area (Å²) in [6.07, 6.45) is 3.97. The van der Waals surface area contributed by atoms with E-state index in [4.69, 9.17) is 4.42 Å². The summed E-state index contributed by atoms with van der Waals surface area (Å²) in [5, 5.41) is 10.3. The Morgan fingerprint density at radius 3 is 2.78 bits per heavy atom. The van der Waals surface area contributed by atoms with Crippen LogP contribution in [-0.2, 0) is 6.42 Å². The van der Waals surface area contributed by atoms with Crippen molar-refractivity contribution in [3.8, 4) is 5.75 Å². The third-order valence-electron chi connectivity index (χ3n) is 3.30. The molecule has 0 aliphatic rings. The van der Waals surface area contributed by atoms with Crippen LogP contribution >= 0.6 is 0 Å². The van der Waals surface area contributed by atoms with Gasteiger partial charge in [0.05, 0.1) is 0 Å². The van der Waals surface area contributed by atoms with E-state index in [2.05, 4.69) is 6.92 Å². The van der Waals surface area contributed by atoms with Crippen molar-refractivity contribution in [2.24, 2.45) is 0 Å². The van der Waals surface area contributed by atoms with E-state index >= 15 is 0 Å². The van der Waals surface area contributed by atoms with Crippen molar-refractivity contribution in [2.45, 2.75) is 39.5 Å². The van der Waals surface area contributed by atoms with E-state index in [0.717, 1.165) is 42.2 Å². The van der Waals surface area contributed by atoms with Gasteiger partial charge in [0.2, 0.25) is 0 Å². The van der Waals surface area contributed by atoms with Crippen molar-refractivity contribution < 1.29 is 9.52 Å². The number of aromatic hydroxyl groups is 1. The second kappa shape index (κ2) is 5.25. The Bertz CT molecular complexity index is 611. The van der Waals surface area contributed by atoms with E-state index < -0.39 is 0 Å². The molecule has 1 aromatic heterocycles. The van der Waals surface area contributed by atoms with Gasteiger partial charge in [0, 0.05) is 10.9 Å². The Morgan fingerprint density at radius 1 is 1.28 bits per heavy atom. The number of hydrogen-bond acceptors (Lipinski definition) is 3. The molecule has 0 atom stereocenters. The van der Waals surface area contributed by atoms with Crippen molar-refractivity contribution in [2.75, 3.05) is 0 Å². The van der Waals surface area contributed by atoms with Gasteiger partial charge in [0.15, 0.2) is 0 Å². The molecule has 1 N–H and O–H groups in total. The molecule has 0 aliphatic carbocycles. The highest BCUT2D eigenvalue weighted by Gasteiger charge is 2.11. The second-order valence-electron chi connectivity index (χ2n) is 4.63. The lowest BCUT2D eigenvalue weighted by Crippen LogP contribution is -2.10. The molecule has 3 nitrogen and oxygen atoms in total. The van der Waals surface area contributed by atoms with E-state index in [-0.39, 0.29) is 11.4 Å². The third kappa shape index (κ3) is 2.40. The third-order valence-corrected chi connectivity index (χ3v) is 3.30. The van der Waals surface area contributed by atoms with Gasteiger partial charge in [-0.25, -0.2) is 4.79 Å². The molecular formula is C15H18O3. The maximum atomic E-state index is 11.9. The minimum absolute atomic E-state index is 0.193. The first kappa shape index (κ1) is 12.7. The molecule has 2 rings (SSSR count). The van der Waals surface area contributed by atoms with E-state index in [9.17, 15) is 9.90 Å². The lowest BCUT2D eigenvalue weighted by atomic mass is 10.0. The fourth-order valence-electron chi connectivity index (χ4n) is 2.22. The highest BCUT2D eigenvalue weighted by Crippen LogP contribution is 2.24. The van der Waals surface area contributed by atoms with Crippen LogP contribution in [0.25, 0.3) is 11.0 Å². The zero-order chi connectivity index (χ0) is 13.1. The molecular weight excluding hydrogens is 228 g/mol. The molecule has 1 aromatic carbocycles. The van der Waals surface area contributed by atoms with Crippen LogP contribution in [0, 0.1) is 6.92 Å². The highest BCUT2D eigenvalue weighted by molar-refractivity contribution is 5.82. The van der Waals surface area contributed by atoms with Gasteiger partial charge in [-0.1, -0.05) is 19.8 Å². The van der Waals surface area contributed by atoms with Crippen LogP contribution in [0.2, 0.25) is 0 Å². The number of phenols is 1. The predicted octanol–water partition coefficient (Wildman–Crippen LogP) is 3.54. The molecule has 0 spiro atoms. The smallest absolute Gasteiger partial charge is 0.339 e. The molecule has 0 aliphatic heterocycles. The molecule has 0 unspecified atom stereocenters. The molecule has 0 saturated heterocycles. The minimum Gasteiger partial charge on any atom is -0.508 e. The molecule has 3 heteroatoms. The van der Waals surface area contributed by atoms with Crippen LogP contribution in [0.5, 0.6) is 5.75 Å². The zero-order valence-electron chi connectivity index (χ0n) is 10.8. The average molecular weight is 246 g/mol. The lowest BCUT2D eigenvalue weighted by Gasteiger charge is -2.07. The molecule has 1 heterocycles. The topological polar surface area (TPSA) is 50.4 Å². The van der Waals surface area contributed by atoms with Crippen molar-refractivity contribution in [3.05, 3.63) is 39.7 Å². The van der Waals surface area contributed by atoms with Crippen LogP contribution in [0.4, 0.5) is 0 Å². The summed E-state index contributed by atoms with van der Waals surface area (Å²) in [7, 11) is 0. The van der Waals surface area contributed by atoms with E-state index in [1.165, 1.54) is 6.07 Å². The van der Waals surface area contributed by atoms with Gasteiger partial charge in [0.1, 0.15) is 11.3 Å². The number of aryl methyl sites for hydroxylation is 1. The summed E-state index contributed by atoms with van der Waals surface area (Å²) in [6.45, 7) is 4.05. The van der Waals surface area contributed by atoms with E-state index in [1.807, 2.05) is 6.92 Å². The van der Waals surface area contributed by atoms with Gasteiger partial charge in [-0.3, -0.25) is 0 Å². The first-order valence-electron chi connectivity index (χ1n) is 6.38. The first-order valence-corrected chi connectivity index (χ1v) is 6.38. The number of phenolic OH excluding ortho intramolecular Hbond substituents is 1. The average Bonchev–Trinajstić information content (AvgIpc) is 2.35. The molecule has 2 aromatic rings. The first-order chi connectivity index (χ1) is 8.63. The number of rotatable bonds is 4. The Balaban J connectivity index is 2.49. The Hall–Kier alpha value is -1.77. The number of hydrogen-bond donors (Lipinski definition) is 1. The normalized spacial score (nSPS) is 11.0. The fourth-order valence-corrected chi connectivity index (χ4v) is 2.22. The van der Waals surface area contributed by atoms with Crippen LogP contribution < -0.4 is 5.63 Å². The summed E-state index contributed by atoms with van der Waals surface area (Å²) in [5.74, 6) is 0.193. The molecule has 96 valence electrons. The van der Waals surface area contributed by atoms with Crippen LogP contribution in [0.15, 0.2) is 27.4 Å². The Kier molecular flexibility index (Phi) is 3.70. The SMILES string of the molecule is CCCCCc1c(C)c2cc(O)ccc2oc1=O. The van der Waals surface area contributed by atoms with Crippen molar-refractivity contribution in [3.63, 3.8) is 0 Å². The molecule has 0 bridgehead atoms. The summed E-state index contributed by atoms with van der Waals surface area (Å²) in [4.78, 5) is 11.9. The quantitative estimate of drug-likeness (QED) is 0.663. The largest absolute Gasteiger partial charge is 0.508 e. The standard InChI is InChI=1S/C15H18O3/c1-3-4-5-6-12-10(2)13-9-11(16)7-8-14(13)18-15(12)17/h7-9,16H,3-6H2,1-2H3.